The Kier molecular flexibility index (Phi) is 5.04. The Labute approximate surface area is 118 Å². The van der Waals surface area contributed by atoms with Crippen molar-refractivity contribution in [1.29, 1.82) is 0 Å². The van der Waals surface area contributed by atoms with E-state index in [-0.39, 0.29) is 6.10 Å². The van der Waals surface area contributed by atoms with Gasteiger partial charge in [-0.15, -0.1) is 0 Å². The van der Waals surface area contributed by atoms with Gasteiger partial charge in [0, 0.05) is 0 Å². The minimum absolute atomic E-state index is 0.206. The average molecular weight is 260 g/mol. The minimum atomic E-state index is 0.206. The predicted octanol–water partition coefficient (Wildman–Crippen LogP) is 5.23. The molecule has 1 fully saturated rings. The molecule has 1 saturated carbocycles. The number of benzene rings is 1. The van der Waals surface area contributed by atoms with Crippen LogP contribution >= 0.6 is 0 Å². The molecule has 1 aromatic carbocycles. The quantitative estimate of drug-likeness (QED) is 0.720. The summed E-state index contributed by atoms with van der Waals surface area (Å²) >= 11 is 0. The average Bonchev–Trinajstić information content (AvgIpc) is 2.39. The lowest BCUT2D eigenvalue weighted by atomic mass is 9.75. The van der Waals surface area contributed by atoms with Crippen LogP contribution in [0, 0.1) is 17.8 Å². The molecule has 0 N–H and O–H groups in total. The maximum absolute atomic E-state index is 6.42. The summed E-state index contributed by atoms with van der Waals surface area (Å²) in [6.07, 6.45) is 4.55. The molecule has 4 atom stereocenters. The summed E-state index contributed by atoms with van der Waals surface area (Å²) in [6, 6.07) is 10.6. The molecule has 0 radical (unpaired) electrons. The van der Waals surface area contributed by atoms with Gasteiger partial charge >= 0.3 is 0 Å². The van der Waals surface area contributed by atoms with Crippen LogP contribution in [0.25, 0.3) is 0 Å². The van der Waals surface area contributed by atoms with Gasteiger partial charge in [0.1, 0.15) is 0 Å². The van der Waals surface area contributed by atoms with Gasteiger partial charge in [-0.05, 0) is 43.1 Å². The zero-order valence-electron chi connectivity index (χ0n) is 12.8. The molecule has 106 valence electrons. The first-order valence-electron chi connectivity index (χ1n) is 7.78. The fourth-order valence-electron chi connectivity index (χ4n) is 3.34. The zero-order chi connectivity index (χ0) is 13.8. The fraction of sp³-hybridized carbons (Fsp3) is 0.667. The summed E-state index contributed by atoms with van der Waals surface area (Å²) < 4.78 is 6.42. The molecule has 0 bridgehead atoms. The van der Waals surface area contributed by atoms with E-state index in [1.165, 1.54) is 24.8 Å². The van der Waals surface area contributed by atoms with Gasteiger partial charge < -0.3 is 4.74 Å². The van der Waals surface area contributed by atoms with E-state index >= 15 is 0 Å². The molecule has 19 heavy (non-hydrogen) atoms. The third kappa shape index (κ3) is 3.82. The van der Waals surface area contributed by atoms with Crippen LogP contribution < -0.4 is 0 Å². The highest BCUT2D eigenvalue weighted by Gasteiger charge is 2.32. The lowest BCUT2D eigenvalue weighted by molar-refractivity contribution is -0.0754. The number of hydrogen-bond donors (Lipinski definition) is 0. The maximum atomic E-state index is 6.42. The predicted molar refractivity (Wildman–Crippen MR) is 81.1 cm³/mol. The van der Waals surface area contributed by atoms with Gasteiger partial charge in [-0.2, -0.15) is 0 Å². The van der Waals surface area contributed by atoms with Crippen molar-refractivity contribution in [2.45, 2.75) is 59.2 Å². The molecule has 0 saturated heterocycles. The molecule has 1 unspecified atom stereocenters. The lowest BCUT2D eigenvalue weighted by Crippen LogP contribution is -2.34. The second-order valence-electron chi connectivity index (χ2n) is 6.55. The van der Waals surface area contributed by atoms with Crippen molar-refractivity contribution in [3.8, 4) is 0 Å². The third-order valence-electron chi connectivity index (χ3n) is 4.61. The lowest BCUT2D eigenvalue weighted by Gasteiger charge is -2.38. The Morgan fingerprint density at radius 1 is 1.05 bits per heavy atom. The van der Waals surface area contributed by atoms with Gasteiger partial charge in [0.15, 0.2) is 0 Å². The number of rotatable bonds is 4. The van der Waals surface area contributed by atoms with Crippen molar-refractivity contribution < 1.29 is 4.74 Å². The van der Waals surface area contributed by atoms with Crippen molar-refractivity contribution in [2.75, 3.05) is 0 Å². The summed E-state index contributed by atoms with van der Waals surface area (Å²) in [6.45, 7) is 9.22. The number of ether oxygens (including phenoxy) is 1. The second-order valence-corrected chi connectivity index (χ2v) is 6.55. The molecule has 2 rings (SSSR count). The summed E-state index contributed by atoms with van der Waals surface area (Å²) in [7, 11) is 0. The normalized spacial score (nSPS) is 29.4. The van der Waals surface area contributed by atoms with Gasteiger partial charge in [-0.3, -0.25) is 0 Å². The van der Waals surface area contributed by atoms with Crippen LogP contribution in [0.15, 0.2) is 30.3 Å². The van der Waals surface area contributed by atoms with E-state index in [1.54, 1.807) is 0 Å². The van der Waals surface area contributed by atoms with Crippen LogP contribution in [0.1, 0.15) is 58.6 Å². The van der Waals surface area contributed by atoms with E-state index in [0.717, 1.165) is 17.8 Å². The first-order chi connectivity index (χ1) is 9.08. The molecule has 1 heteroatoms. The summed E-state index contributed by atoms with van der Waals surface area (Å²) in [5.41, 5.74) is 1.29. The molecule has 0 amide bonds. The topological polar surface area (TPSA) is 9.23 Å². The molecular formula is C18H28O. The standard InChI is InChI=1S/C18H28O/c1-13(2)17-11-10-14(3)12-18(17)19-15(4)16-8-6-5-7-9-16/h5-9,13-15,17-18H,10-12H2,1-4H3/t14-,15?,17+,18-/m1/s1. The largest absolute Gasteiger partial charge is 0.370 e. The van der Waals surface area contributed by atoms with Crippen LogP contribution in [0.4, 0.5) is 0 Å². The molecule has 1 aliphatic rings. The SMILES string of the molecule is CC(O[C@@H]1C[C@H](C)CC[C@H]1C(C)C)c1ccccc1. The monoisotopic (exact) mass is 260 g/mol. The highest BCUT2D eigenvalue weighted by Crippen LogP contribution is 2.37. The van der Waals surface area contributed by atoms with Crippen LogP contribution in [-0.2, 0) is 4.74 Å². The molecule has 1 aliphatic carbocycles. The molecule has 1 nitrogen and oxygen atoms in total. The van der Waals surface area contributed by atoms with Crippen LogP contribution in [0.5, 0.6) is 0 Å². The van der Waals surface area contributed by atoms with E-state index in [4.69, 9.17) is 4.74 Å². The van der Waals surface area contributed by atoms with Gasteiger partial charge in [-0.1, -0.05) is 57.5 Å². The fourth-order valence-corrected chi connectivity index (χ4v) is 3.34. The molecule has 0 heterocycles. The third-order valence-corrected chi connectivity index (χ3v) is 4.61. The van der Waals surface area contributed by atoms with E-state index in [2.05, 4.69) is 58.0 Å². The molecular weight excluding hydrogens is 232 g/mol. The van der Waals surface area contributed by atoms with Crippen molar-refractivity contribution in [3.05, 3.63) is 35.9 Å². The van der Waals surface area contributed by atoms with E-state index in [0.29, 0.717) is 6.10 Å². The summed E-state index contributed by atoms with van der Waals surface area (Å²) in [4.78, 5) is 0. The van der Waals surface area contributed by atoms with Gasteiger partial charge in [-0.25, -0.2) is 0 Å². The van der Waals surface area contributed by atoms with Crippen LogP contribution in [0.3, 0.4) is 0 Å². The first-order valence-corrected chi connectivity index (χ1v) is 7.78. The van der Waals surface area contributed by atoms with E-state index in [9.17, 15) is 0 Å². The molecule has 0 spiro atoms. The minimum Gasteiger partial charge on any atom is -0.370 e. The van der Waals surface area contributed by atoms with Crippen molar-refractivity contribution in [3.63, 3.8) is 0 Å². The zero-order valence-corrected chi connectivity index (χ0v) is 12.8. The Hall–Kier alpha value is -0.820. The van der Waals surface area contributed by atoms with E-state index in [1.807, 2.05) is 0 Å². The van der Waals surface area contributed by atoms with E-state index < -0.39 is 0 Å². The highest BCUT2D eigenvalue weighted by molar-refractivity contribution is 5.16. The van der Waals surface area contributed by atoms with Crippen LogP contribution in [-0.4, -0.2) is 6.10 Å². The Morgan fingerprint density at radius 3 is 2.37 bits per heavy atom. The molecule has 0 aliphatic heterocycles. The highest BCUT2D eigenvalue weighted by atomic mass is 16.5. The van der Waals surface area contributed by atoms with Crippen molar-refractivity contribution in [2.24, 2.45) is 17.8 Å². The smallest absolute Gasteiger partial charge is 0.0800 e. The number of hydrogen-bond acceptors (Lipinski definition) is 1. The van der Waals surface area contributed by atoms with Crippen LogP contribution in [0.2, 0.25) is 0 Å². The Bertz CT molecular complexity index is 371. The molecule has 1 aromatic rings. The summed E-state index contributed by atoms with van der Waals surface area (Å²) in [5.74, 6) is 2.26. The Balaban J connectivity index is 2.02. The molecule has 0 aromatic heterocycles. The van der Waals surface area contributed by atoms with Crippen molar-refractivity contribution in [1.82, 2.24) is 0 Å². The Morgan fingerprint density at radius 2 is 1.74 bits per heavy atom. The maximum Gasteiger partial charge on any atom is 0.0800 e. The second kappa shape index (κ2) is 6.56. The van der Waals surface area contributed by atoms with Gasteiger partial charge in [0.05, 0.1) is 12.2 Å². The van der Waals surface area contributed by atoms with Gasteiger partial charge in [0.25, 0.3) is 0 Å². The first kappa shape index (κ1) is 14.6. The van der Waals surface area contributed by atoms with Crippen molar-refractivity contribution >= 4 is 0 Å². The summed E-state index contributed by atoms with van der Waals surface area (Å²) in [5, 5.41) is 0. The van der Waals surface area contributed by atoms with Gasteiger partial charge in [0.2, 0.25) is 0 Å².